The maximum Gasteiger partial charge on any atom is 0.257 e. The highest BCUT2D eigenvalue weighted by Crippen LogP contribution is 2.15. The van der Waals surface area contributed by atoms with Crippen LogP contribution in [-0.4, -0.2) is 27.8 Å². The summed E-state index contributed by atoms with van der Waals surface area (Å²) in [6.45, 7) is 2.35. The van der Waals surface area contributed by atoms with Crippen LogP contribution in [0, 0.1) is 6.92 Å². The second kappa shape index (κ2) is 6.12. The number of carbonyl (C=O) groups is 1. The fraction of sp³-hybridized carbons (Fsp3) is 0.214. The SMILES string of the molecule is Cc1cccc(CN(C)C(=O)c2cnccc2NN)n1. The molecule has 2 aromatic rings. The Kier molecular flexibility index (Phi) is 4.27. The fourth-order valence-electron chi connectivity index (χ4n) is 1.90. The van der Waals surface area contributed by atoms with Crippen LogP contribution in [-0.2, 0) is 6.54 Å². The van der Waals surface area contributed by atoms with E-state index >= 15 is 0 Å². The van der Waals surface area contributed by atoms with Crippen LogP contribution in [0.25, 0.3) is 0 Å². The van der Waals surface area contributed by atoms with Crippen LogP contribution in [0.1, 0.15) is 21.7 Å². The molecular weight excluding hydrogens is 254 g/mol. The molecule has 2 aromatic heterocycles. The molecule has 1 amide bonds. The number of carbonyl (C=O) groups excluding carboxylic acids is 1. The van der Waals surface area contributed by atoms with Crippen LogP contribution in [0.2, 0.25) is 0 Å². The first kappa shape index (κ1) is 14.0. The smallest absolute Gasteiger partial charge is 0.257 e. The van der Waals surface area contributed by atoms with Gasteiger partial charge in [-0.2, -0.15) is 0 Å². The van der Waals surface area contributed by atoms with Gasteiger partial charge in [-0.3, -0.25) is 20.6 Å². The van der Waals surface area contributed by atoms with Gasteiger partial charge in [0.05, 0.1) is 23.5 Å². The summed E-state index contributed by atoms with van der Waals surface area (Å²) in [6, 6.07) is 7.39. The van der Waals surface area contributed by atoms with Crippen molar-refractivity contribution >= 4 is 11.6 Å². The van der Waals surface area contributed by atoms with Gasteiger partial charge < -0.3 is 10.3 Å². The van der Waals surface area contributed by atoms with E-state index in [0.29, 0.717) is 17.8 Å². The number of rotatable bonds is 4. The van der Waals surface area contributed by atoms with Crippen molar-refractivity contribution in [2.45, 2.75) is 13.5 Å². The van der Waals surface area contributed by atoms with Gasteiger partial charge in [0.1, 0.15) is 0 Å². The van der Waals surface area contributed by atoms with Crippen molar-refractivity contribution in [3.8, 4) is 0 Å². The lowest BCUT2D eigenvalue weighted by atomic mass is 10.2. The van der Waals surface area contributed by atoms with Gasteiger partial charge >= 0.3 is 0 Å². The lowest BCUT2D eigenvalue weighted by Gasteiger charge is -2.18. The Bertz CT molecular complexity index is 614. The Morgan fingerprint density at radius 3 is 2.90 bits per heavy atom. The average molecular weight is 271 g/mol. The standard InChI is InChI=1S/C14H17N5O/c1-10-4-3-5-11(17-10)9-19(2)14(20)12-8-16-7-6-13(12)18-15/h3-8H,9,15H2,1-2H3,(H,16,18). The van der Waals surface area contributed by atoms with Crippen molar-refractivity contribution in [1.29, 1.82) is 0 Å². The van der Waals surface area contributed by atoms with Crippen LogP contribution in [0.5, 0.6) is 0 Å². The molecule has 0 aliphatic carbocycles. The number of pyridine rings is 2. The van der Waals surface area contributed by atoms with Gasteiger partial charge in [-0.15, -0.1) is 0 Å². The van der Waals surface area contributed by atoms with Crippen LogP contribution in [0.3, 0.4) is 0 Å². The third-order valence-electron chi connectivity index (χ3n) is 2.90. The Morgan fingerprint density at radius 2 is 2.20 bits per heavy atom. The summed E-state index contributed by atoms with van der Waals surface area (Å²) in [5.41, 5.74) is 5.25. The van der Waals surface area contributed by atoms with E-state index in [4.69, 9.17) is 5.84 Å². The molecular formula is C14H17N5O. The second-order valence-electron chi connectivity index (χ2n) is 4.50. The molecule has 2 rings (SSSR count). The molecule has 6 heteroatoms. The first-order chi connectivity index (χ1) is 9.61. The van der Waals surface area contributed by atoms with Gasteiger partial charge in [-0.1, -0.05) is 6.07 Å². The number of nitrogens with zero attached hydrogens (tertiary/aromatic N) is 3. The van der Waals surface area contributed by atoms with Gasteiger partial charge in [0.15, 0.2) is 0 Å². The number of hydrogen-bond acceptors (Lipinski definition) is 5. The first-order valence-corrected chi connectivity index (χ1v) is 6.20. The number of nitrogens with two attached hydrogens (primary N) is 1. The number of hydrogen-bond donors (Lipinski definition) is 2. The topological polar surface area (TPSA) is 84.1 Å². The molecule has 0 spiro atoms. The van der Waals surface area contributed by atoms with Crippen molar-refractivity contribution in [1.82, 2.24) is 14.9 Å². The van der Waals surface area contributed by atoms with Crippen molar-refractivity contribution in [2.24, 2.45) is 5.84 Å². The highest BCUT2D eigenvalue weighted by atomic mass is 16.2. The maximum absolute atomic E-state index is 12.4. The summed E-state index contributed by atoms with van der Waals surface area (Å²) in [4.78, 5) is 22.3. The van der Waals surface area contributed by atoms with Crippen LogP contribution < -0.4 is 11.3 Å². The number of aromatic nitrogens is 2. The van der Waals surface area contributed by atoms with Crippen molar-refractivity contribution in [2.75, 3.05) is 12.5 Å². The zero-order valence-electron chi connectivity index (χ0n) is 11.5. The van der Waals surface area contributed by atoms with Crippen LogP contribution in [0.15, 0.2) is 36.7 Å². The molecule has 0 unspecified atom stereocenters. The lowest BCUT2D eigenvalue weighted by molar-refractivity contribution is 0.0784. The molecule has 0 aromatic carbocycles. The third-order valence-corrected chi connectivity index (χ3v) is 2.90. The van der Waals surface area contributed by atoms with E-state index in [1.165, 1.54) is 6.20 Å². The number of hydrazine groups is 1. The second-order valence-corrected chi connectivity index (χ2v) is 4.50. The molecule has 104 valence electrons. The molecule has 0 atom stereocenters. The Labute approximate surface area is 117 Å². The summed E-state index contributed by atoms with van der Waals surface area (Å²) < 4.78 is 0. The molecule has 20 heavy (non-hydrogen) atoms. The summed E-state index contributed by atoms with van der Waals surface area (Å²) in [5.74, 6) is 5.24. The highest BCUT2D eigenvalue weighted by molar-refractivity contribution is 5.98. The van der Waals surface area contributed by atoms with E-state index in [0.717, 1.165) is 11.4 Å². The molecule has 2 heterocycles. The quantitative estimate of drug-likeness (QED) is 0.647. The molecule has 0 radical (unpaired) electrons. The number of aryl methyl sites for hydroxylation is 1. The predicted octanol–water partition coefficient (Wildman–Crippen LogP) is 1.34. The molecule has 6 nitrogen and oxygen atoms in total. The van der Waals surface area contributed by atoms with Crippen molar-refractivity contribution in [3.05, 3.63) is 53.6 Å². The molecule has 0 saturated heterocycles. The van der Waals surface area contributed by atoms with Crippen molar-refractivity contribution < 1.29 is 4.79 Å². The van der Waals surface area contributed by atoms with Gasteiger partial charge in [0.25, 0.3) is 5.91 Å². The van der Waals surface area contributed by atoms with E-state index in [1.807, 2.05) is 25.1 Å². The summed E-state index contributed by atoms with van der Waals surface area (Å²) in [5, 5.41) is 0. The fourth-order valence-corrected chi connectivity index (χ4v) is 1.90. The van der Waals surface area contributed by atoms with E-state index in [-0.39, 0.29) is 5.91 Å². The van der Waals surface area contributed by atoms with Gasteiger partial charge in [0, 0.05) is 25.1 Å². The number of nitrogen functional groups attached to an aromatic ring is 1. The average Bonchev–Trinajstić information content (AvgIpc) is 2.46. The summed E-state index contributed by atoms with van der Waals surface area (Å²) in [6.07, 6.45) is 3.08. The minimum Gasteiger partial charge on any atom is -0.336 e. The van der Waals surface area contributed by atoms with E-state index < -0.39 is 0 Å². The van der Waals surface area contributed by atoms with Gasteiger partial charge in [-0.05, 0) is 25.1 Å². The summed E-state index contributed by atoms with van der Waals surface area (Å²) >= 11 is 0. The summed E-state index contributed by atoms with van der Waals surface area (Å²) in [7, 11) is 1.72. The van der Waals surface area contributed by atoms with Crippen LogP contribution >= 0.6 is 0 Å². The minimum absolute atomic E-state index is 0.158. The Hall–Kier alpha value is -2.47. The van der Waals surface area contributed by atoms with E-state index in [2.05, 4.69) is 15.4 Å². The zero-order valence-corrected chi connectivity index (χ0v) is 11.5. The molecule has 0 fully saturated rings. The minimum atomic E-state index is -0.158. The zero-order chi connectivity index (χ0) is 14.5. The van der Waals surface area contributed by atoms with Gasteiger partial charge in [-0.25, -0.2) is 0 Å². The molecule has 0 bridgehead atoms. The normalized spacial score (nSPS) is 10.2. The predicted molar refractivity (Wildman–Crippen MR) is 76.8 cm³/mol. The highest BCUT2D eigenvalue weighted by Gasteiger charge is 2.16. The maximum atomic E-state index is 12.4. The van der Waals surface area contributed by atoms with E-state index in [9.17, 15) is 4.79 Å². The Balaban J connectivity index is 2.16. The largest absolute Gasteiger partial charge is 0.336 e. The van der Waals surface area contributed by atoms with Crippen LogP contribution in [0.4, 0.5) is 5.69 Å². The van der Waals surface area contributed by atoms with Gasteiger partial charge in [0.2, 0.25) is 0 Å². The third kappa shape index (κ3) is 3.10. The molecule has 0 aliphatic heterocycles. The molecule has 0 saturated carbocycles. The number of nitrogens with one attached hydrogen (secondary N) is 1. The number of amides is 1. The molecule has 0 aliphatic rings. The first-order valence-electron chi connectivity index (χ1n) is 6.20. The van der Waals surface area contributed by atoms with E-state index in [1.54, 1.807) is 24.2 Å². The number of anilines is 1. The van der Waals surface area contributed by atoms with Crippen molar-refractivity contribution in [3.63, 3.8) is 0 Å². The lowest BCUT2D eigenvalue weighted by Crippen LogP contribution is -2.28. The molecule has 3 N–H and O–H groups in total. The monoisotopic (exact) mass is 271 g/mol. The Morgan fingerprint density at radius 1 is 1.40 bits per heavy atom.